The molecule has 88 valence electrons. The van der Waals surface area contributed by atoms with Crippen molar-refractivity contribution in [3.8, 4) is 5.75 Å². The highest BCUT2D eigenvalue weighted by atomic mass is 16.5. The Hall–Kier alpha value is -1.06. The minimum absolute atomic E-state index is 0.280. The number of aromatic hydroxyl groups is 1. The predicted octanol–water partition coefficient (Wildman–Crippen LogP) is 2.00. The van der Waals surface area contributed by atoms with Crippen molar-refractivity contribution in [3.63, 3.8) is 0 Å². The zero-order valence-electron chi connectivity index (χ0n) is 9.89. The molecule has 2 atom stereocenters. The molecule has 0 aliphatic carbocycles. The van der Waals surface area contributed by atoms with E-state index in [1.807, 2.05) is 18.2 Å². The summed E-state index contributed by atoms with van der Waals surface area (Å²) in [6.07, 6.45) is 0.280. The summed E-state index contributed by atoms with van der Waals surface area (Å²) in [6.45, 7) is 6.74. The summed E-state index contributed by atoms with van der Waals surface area (Å²) in [5.41, 5.74) is 0.989. The molecule has 1 aliphatic rings. The van der Waals surface area contributed by atoms with Gasteiger partial charge in [0.15, 0.2) is 0 Å². The summed E-state index contributed by atoms with van der Waals surface area (Å²) in [7, 11) is 0. The highest BCUT2D eigenvalue weighted by molar-refractivity contribution is 5.31. The maximum atomic E-state index is 9.74. The van der Waals surface area contributed by atoms with E-state index in [0.717, 1.165) is 25.3 Å². The van der Waals surface area contributed by atoms with Crippen LogP contribution in [0, 0.1) is 0 Å². The van der Waals surface area contributed by atoms with E-state index in [2.05, 4.69) is 18.7 Å². The fourth-order valence-corrected chi connectivity index (χ4v) is 2.06. The van der Waals surface area contributed by atoms with Crippen molar-refractivity contribution in [2.75, 3.05) is 13.2 Å². The third-order valence-electron chi connectivity index (χ3n) is 3.10. The van der Waals surface area contributed by atoms with Gasteiger partial charge in [-0.3, -0.25) is 4.90 Å². The van der Waals surface area contributed by atoms with Gasteiger partial charge in [-0.15, -0.1) is 0 Å². The molecule has 1 N–H and O–H groups in total. The van der Waals surface area contributed by atoms with Crippen LogP contribution < -0.4 is 0 Å². The fourth-order valence-electron chi connectivity index (χ4n) is 2.06. The lowest BCUT2D eigenvalue weighted by atomic mass is 10.1. The van der Waals surface area contributed by atoms with E-state index in [4.69, 9.17) is 4.74 Å². The number of morpholine rings is 1. The van der Waals surface area contributed by atoms with Gasteiger partial charge in [0.05, 0.1) is 12.7 Å². The highest BCUT2D eigenvalue weighted by Crippen LogP contribution is 2.21. The van der Waals surface area contributed by atoms with Crippen molar-refractivity contribution in [2.45, 2.75) is 32.5 Å². The van der Waals surface area contributed by atoms with Crippen LogP contribution >= 0.6 is 0 Å². The quantitative estimate of drug-likeness (QED) is 0.829. The monoisotopic (exact) mass is 221 g/mol. The smallest absolute Gasteiger partial charge is 0.120 e. The van der Waals surface area contributed by atoms with Crippen LogP contribution in [0.2, 0.25) is 0 Å². The summed E-state index contributed by atoms with van der Waals surface area (Å²) in [6, 6.07) is 7.94. The number of para-hydroxylation sites is 1. The Labute approximate surface area is 96.6 Å². The van der Waals surface area contributed by atoms with Crippen LogP contribution in [0.3, 0.4) is 0 Å². The van der Waals surface area contributed by atoms with Crippen molar-refractivity contribution in [1.29, 1.82) is 0 Å². The lowest BCUT2D eigenvalue weighted by Gasteiger charge is -2.36. The molecular weight excluding hydrogens is 202 g/mol. The normalized spacial score (nSPS) is 26.9. The Morgan fingerprint density at radius 2 is 2.12 bits per heavy atom. The number of ether oxygens (including phenoxy) is 1. The predicted molar refractivity (Wildman–Crippen MR) is 63.4 cm³/mol. The molecule has 0 radical (unpaired) electrons. The van der Waals surface area contributed by atoms with Crippen molar-refractivity contribution in [1.82, 2.24) is 4.90 Å². The van der Waals surface area contributed by atoms with E-state index in [9.17, 15) is 5.11 Å². The average molecular weight is 221 g/mol. The van der Waals surface area contributed by atoms with E-state index in [-0.39, 0.29) is 6.10 Å². The average Bonchev–Trinajstić information content (AvgIpc) is 2.27. The van der Waals surface area contributed by atoms with Crippen LogP contribution in [0.1, 0.15) is 19.4 Å². The van der Waals surface area contributed by atoms with Gasteiger partial charge >= 0.3 is 0 Å². The topological polar surface area (TPSA) is 32.7 Å². The van der Waals surface area contributed by atoms with Crippen LogP contribution in [0.25, 0.3) is 0 Å². The Kier molecular flexibility index (Phi) is 3.46. The number of hydrogen-bond acceptors (Lipinski definition) is 3. The molecule has 0 bridgehead atoms. The highest BCUT2D eigenvalue weighted by Gasteiger charge is 2.23. The van der Waals surface area contributed by atoms with Crippen molar-refractivity contribution >= 4 is 0 Å². The molecule has 1 saturated heterocycles. The first kappa shape index (κ1) is 11.4. The van der Waals surface area contributed by atoms with Gasteiger partial charge in [-0.1, -0.05) is 18.2 Å². The van der Waals surface area contributed by atoms with Crippen LogP contribution in [0.15, 0.2) is 24.3 Å². The van der Waals surface area contributed by atoms with Gasteiger partial charge in [0.1, 0.15) is 5.75 Å². The van der Waals surface area contributed by atoms with Gasteiger partial charge in [-0.05, 0) is 19.9 Å². The van der Waals surface area contributed by atoms with Crippen LogP contribution in [-0.4, -0.2) is 35.3 Å². The second-order valence-corrected chi connectivity index (χ2v) is 4.55. The largest absolute Gasteiger partial charge is 0.508 e. The molecule has 0 saturated carbocycles. The molecule has 0 spiro atoms. The molecular formula is C13H19NO2. The summed E-state index contributed by atoms with van der Waals surface area (Å²) >= 11 is 0. The standard InChI is InChI=1S/C13H19NO2/c1-10-9-16-11(2)7-14(10)8-12-5-3-4-6-13(12)15/h3-6,10-11,15H,7-9H2,1-2H3. The zero-order chi connectivity index (χ0) is 11.5. The first-order chi connectivity index (χ1) is 7.66. The lowest BCUT2D eigenvalue weighted by molar-refractivity contribution is -0.0528. The SMILES string of the molecule is CC1CN(Cc2ccccc2O)C(C)CO1. The first-order valence-corrected chi connectivity index (χ1v) is 5.79. The third kappa shape index (κ3) is 2.54. The Balaban J connectivity index is 2.06. The van der Waals surface area contributed by atoms with Crippen LogP contribution in [0.4, 0.5) is 0 Å². The molecule has 16 heavy (non-hydrogen) atoms. The van der Waals surface area contributed by atoms with Crippen LogP contribution in [0.5, 0.6) is 5.75 Å². The number of phenolic OH excluding ortho intramolecular Hbond substituents is 1. The molecule has 3 nitrogen and oxygen atoms in total. The Bertz CT molecular complexity index is 354. The van der Waals surface area contributed by atoms with Crippen molar-refractivity contribution < 1.29 is 9.84 Å². The fraction of sp³-hybridized carbons (Fsp3) is 0.538. The minimum Gasteiger partial charge on any atom is -0.508 e. The molecule has 1 aromatic carbocycles. The van der Waals surface area contributed by atoms with E-state index in [1.165, 1.54) is 0 Å². The second kappa shape index (κ2) is 4.85. The molecule has 0 amide bonds. The number of benzene rings is 1. The zero-order valence-corrected chi connectivity index (χ0v) is 9.89. The van der Waals surface area contributed by atoms with E-state index in [0.29, 0.717) is 11.8 Å². The molecule has 2 rings (SSSR count). The van der Waals surface area contributed by atoms with Gasteiger partial charge in [0.2, 0.25) is 0 Å². The van der Waals surface area contributed by atoms with Gasteiger partial charge in [0.25, 0.3) is 0 Å². The van der Waals surface area contributed by atoms with Crippen molar-refractivity contribution in [3.05, 3.63) is 29.8 Å². The van der Waals surface area contributed by atoms with E-state index in [1.54, 1.807) is 6.07 Å². The molecule has 1 aliphatic heterocycles. The summed E-state index contributed by atoms with van der Waals surface area (Å²) < 4.78 is 5.58. The van der Waals surface area contributed by atoms with Crippen molar-refractivity contribution in [2.24, 2.45) is 0 Å². The Morgan fingerprint density at radius 1 is 1.38 bits per heavy atom. The summed E-state index contributed by atoms with van der Waals surface area (Å²) in [4.78, 5) is 2.35. The van der Waals surface area contributed by atoms with Gasteiger partial charge in [0, 0.05) is 24.7 Å². The molecule has 1 fully saturated rings. The number of nitrogens with zero attached hydrogens (tertiary/aromatic N) is 1. The van der Waals surface area contributed by atoms with Gasteiger partial charge in [-0.25, -0.2) is 0 Å². The number of hydrogen-bond donors (Lipinski definition) is 1. The third-order valence-corrected chi connectivity index (χ3v) is 3.10. The minimum atomic E-state index is 0.280. The summed E-state index contributed by atoms with van der Waals surface area (Å²) in [5, 5.41) is 9.74. The van der Waals surface area contributed by atoms with Gasteiger partial charge in [-0.2, -0.15) is 0 Å². The number of rotatable bonds is 2. The van der Waals surface area contributed by atoms with E-state index < -0.39 is 0 Å². The molecule has 0 aromatic heterocycles. The Morgan fingerprint density at radius 3 is 2.88 bits per heavy atom. The first-order valence-electron chi connectivity index (χ1n) is 5.79. The lowest BCUT2D eigenvalue weighted by Crippen LogP contribution is -2.46. The second-order valence-electron chi connectivity index (χ2n) is 4.55. The molecule has 2 unspecified atom stereocenters. The molecule has 1 aromatic rings. The van der Waals surface area contributed by atoms with Gasteiger partial charge < -0.3 is 9.84 Å². The number of phenols is 1. The maximum absolute atomic E-state index is 9.74. The van der Waals surface area contributed by atoms with Crippen LogP contribution in [-0.2, 0) is 11.3 Å². The molecule has 3 heteroatoms. The maximum Gasteiger partial charge on any atom is 0.120 e. The summed E-state index contributed by atoms with van der Waals surface area (Å²) in [5.74, 6) is 0.383. The van der Waals surface area contributed by atoms with E-state index >= 15 is 0 Å². The molecule has 1 heterocycles.